The largest absolute Gasteiger partial charge is 0.383 e. The number of hydrogen-bond donors (Lipinski definition) is 1. The molecular weight excluding hydrogens is 342 g/mol. The first-order valence-corrected chi connectivity index (χ1v) is 9.53. The van der Waals surface area contributed by atoms with E-state index in [4.69, 9.17) is 4.74 Å². The lowest BCUT2D eigenvalue weighted by molar-refractivity contribution is -0.122. The number of nitrogens with one attached hydrogen (secondary N) is 1. The van der Waals surface area contributed by atoms with Crippen LogP contribution in [-0.4, -0.2) is 84.8 Å². The highest BCUT2D eigenvalue weighted by Crippen LogP contribution is 2.16. The normalized spacial score (nSPS) is 15.7. The average molecular weight is 371 g/mol. The number of imidazole rings is 1. The predicted molar refractivity (Wildman–Crippen MR) is 105 cm³/mol. The maximum atomic E-state index is 11.9. The molecule has 0 unspecified atom stereocenters. The monoisotopic (exact) mass is 371 g/mol. The van der Waals surface area contributed by atoms with Gasteiger partial charge in [-0.1, -0.05) is 30.3 Å². The van der Waals surface area contributed by atoms with Gasteiger partial charge < -0.3 is 14.6 Å². The fourth-order valence-electron chi connectivity index (χ4n) is 3.31. The van der Waals surface area contributed by atoms with Crippen LogP contribution in [0.15, 0.2) is 42.7 Å². The van der Waals surface area contributed by atoms with Crippen molar-refractivity contribution in [1.82, 2.24) is 24.7 Å². The van der Waals surface area contributed by atoms with Crippen LogP contribution in [0.2, 0.25) is 0 Å². The molecule has 2 heterocycles. The molecule has 0 aliphatic carbocycles. The third-order valence-corrected chi connectivity index (χ3v) is 4.87. The number of hydrogen-bond acceptors (Lipinski definition) is 5. The minimum atomic E-state index is 0.0754. The molecule has 27 heavy (non-hydrogen) atoms. The lowest BCUT2D eigenvalue weighted by Gasteiger charge is -2.34. The zero-order chi connectivity index (χ0) is 18.9. The summed E-state index contributed by atoms with van der Waals surface area (Å²) < 4.78 is 7.16. The molecule has 1 amide bonds. The lowest BCUT2D eigenvalue weighted by atomic mass is 10.2. The second-order valence-electron chi connectivity index (χ2n) is 6.77. The van der Waals surface area contributed by atoms with Gasteiger partial charge in [0.25, 0.3) is 0 Å². The molecule has 1 aromatic heterocycles. The summed E-state index contributed by atoms with van der Waals surface area (Å²) in [4.78, 5) is 21.1. The van der Waals surface area contributed by atoms with E-state index in [1.165, 1.54) is 0 Å². The number of amides is 1. The topological polar surface area (TPSA) is 62.6 Å². The Morgan fingerprint density at radius 1 is 1.11 bits per heavy atom. The molecule has 1 aromatic carbocycles. The number of rotatable bonds is 9. The van der Waals surface area contributed by atoms with Gasteiger partial charge in [0, 0.05) is 70.9 Å². The second kappa shape index (κ2) is 10.2. The summed E-state index contributed by atoms with van der Waals surface area (Å²) in [5.41, 5.74) is 1.15. The van der Waals surface area contributed by atoms with Gasteiger partial charge in [-0.15, -0.1) is 0 Å². The molecule has 0 radical (unpaired) electrons. The van der Waals surface area contributed by atoms with Gasteiger partial charge in [-0.3, -0.25) is 14.6 Å². The molecule has 1 saturated heterocycles. The number of ether oxygens (including phenoxy) is 1. The fraction of sp³-hybridized carbons (Fsp3) is 0.500. The number of carbonyl (C=O) groups is 1. The maximum absolute atomic E-state index is 11.9. The molecule has 0 bridgehead atoms. The second-order valence-corrected chi connectivity index (χ2v) is 6.77. The van der Waals surface area contributed by atoms with E-state index in [1.807, 2.05) is 30.6 Å². The van der Waals surface area contributed by atoms with E-state index >= 15 is 0 Å². The molecule has 1 fully saturated rings. The number of benzene rings is 1. The summed E-state index contributed by atoms with van der Waals surface area (Å²) in [6.45, 7) is 7.33. The Labute approximate surface area is 160 Å². The maximum Gasteiger partial charge on any atom is 0.234 e. The zero-order valence-corrected chi connectivity index (χ0v) is 16.0. The van der Waals surface area contributed by atoms with E-state index in [-0.39, 0.29) is 5.91 Å². The standard InChI is InChI=1S/C20H29N5O2/c1-27-16-8-21-19(26)17-24-12-10-23(11-13-24)14-15-25-9-7-22-20(25)18-5-3-2-4-6-18/h2-7,9H,8,10-17H2,1H3,(H,21,26). The van der Waals surface area contributed by atoms with Crippen molar-refractivity contribution in [2.75, 3.05) is 59.5 Å². The summed E-state index contributed by atoms with van der Waals surface area (Å²) >= 11 is 0. The third kappa shape index (κ3) is 5.89. The summed E-state index contributed by atoms with van der Waals surface area (Å²) in [6.07, 6.45) is 3.91. The SMILES string of the molecule is COCCNC(=O)CN1CCN(CCn2ccnc2-c2ccccc2)CC1. The van der Waals surface area contributed by atoms with Gasteiger partial charge in [-0.25, -0.2) is 4.98 Å². The number of nitrogens with zero attached hydrogens (tertiary/aromatic N) is 4. The van der Waals surface area contributed by atoms with E-state index in [0.717, 1.165) is 50.7 Å². The molecule has 0 spiro atoms. The Morgan fingerprint density at radius 3 is 2.59 bits per heavy atom. The molecule has 2 aromatic rings. The fourth-order valence-corrected chi connectivity index (χ4v) is 3.31. The molecule has 0 atom stereocenters. The number of piperazine rings is 1. The van der Waals surface area contributed by atoms with Crippen LogP contribution < -0.4 is 5.32 Å². The quantitative estimate of drug-likeness (QED) is 0.665. The smallest absolute Gasteiger partial charge is 0.234 e. The Bertz CT molecular complexity index is 695. The van der Waals surface area contributed by atoms with Crippen molar-refractivity contribution in [2.24, 2.45) is 0 Å². The average Bonchev–Trinajstić information content (AvgIpc) is 3.17. The molecule has 1 aliphatic heterocycles. The van der Waals surface area contributed by atoms with Crippen molar-refractivity contribution in [3.8, 4) is 11.4 Å². The van der Waals surface area contributed by atoms with Crippen molar-refractivity contribution in [3.63, 3.8) is 0 Å². The summed E-state index contributed by atoms with van der Waals surface area (Å²) in [7, 11) is 1.64. The van der Waals surface area contributed by atoms with Gasteiger partial charge in [0.15, 0.2) is 0 Å². The number of aromatic nitrogens is 2. The van der Waals surface area contributed by atoms with Crippen LogP contribution in [0.25, 0.3) is 11.4 Å². The molecule has 1 aliphatic rings. The number of carbonyl (C=O) groups excluding carboxylic acids is 1. The van der Waals surface area contributed by atoms with Crippen molar-refractivity contribution in [1.29, 1.82) is 0 Å². The highest BCUT2D eigenvalue weighted by molar-refractivity contribution is 5.78. The minimum absolute atomic E-state index is 0.0754. The summed E-state index contributed by atoms with van der Waals surface area (Å²) in [6, 6.07) is 10.3. The third-order valence-electron chi connectivity index (χ3n) is 4.87. The highest BCUT2D eigenvalue weighted by atomic mass is 16.5. The zero-order valence-electron chi connectivity index (χ0n) is 16.0. The van der Waals surface area contributed by atoms with Gasteiger partial charge in [-0.05, 0) is 0 Å². The van der Waals surface area contributed by atoms with E-state index in [1.54, 1.807) is 7.11 Å². The van der Waals surface area contributed by atoms with Gasteiger partial charge in [0.1, 0.15) is 5.82 Å². The van der Waals surface area contributed by atoms with Crippen LogP contribution in [-0.2, 0) is 16.1 Å². The van der Waals surface area contributed by atoms with Crippen molar-refractivity contribution in [2.45, 2.75) is 6.54 Å². The van der Waals surface area contributed by atoms with Gasteiger partial charge in [-0.2, -0.15) is 0 Å². The first-order chi connectivity index (χ1) is 13.3. The van der Waals surface area contributed by atoms with E-state index in [2.05, 4.69) is 36.8 Å². The molecule has 146 valence electrons. The Hall–Kier alpha value is -2.22. The van der Waals surface area contributed by atoms with E-state index in [9.17, 15) is 4.79 Å². The van der Waals surface area contributed by atoms with E-state index in [0.29, 0.717) is 19.7 Å². The Balaban J connectivity index is 1.41. The van der Waals surface area contributed by atoms with Crippen LogP contribution in [0.4, 0.5) is 0 Å². The van der Waals surface area contributed by atoms with Gasteiger partial charge in [0.05, 0.1) is 13.2 Å². The molecule has 7 heteroatoms. The number of methoxy groups -OCH3 is 1. The molecule has 0 saturated carbocycles. The van der Waals surface area contributed by atoms with Crippen LogP contribution in [0, 0.1) is 0 Å². The minimum Gasteiger partial charge on any atom is -0.383 e. The molecule has 1 N–H and O–H groups in total. The summed E-state index contributed by atoms with van der Waals surface area (Å²) in [5, 5.41) is 2.88. The van der Waals surface area contributed by atoms with Gasteiger partial charge >= 0.3 is 0 Å². The highest BCUT2D eigenvalue weighted by Gasteiger charge is 2.19. The van der Waals surface area contributed by atoms with Crippen molar-refractivity contribution >= 4 is 5.91 Å². The molecule has 7 nitrogen and oxygen atoms in total. The molecular formula is C20H29N5O2. The lowest BCUT2D eigenvalue weighted by Crippen LogP contribution is -2.50. The van der Waals surface area contributed by atoms with Crippen molar-refractivity contribution < 1.29 is 9.53 Å². The van der Waals surface area contributed by atoms with Crippen molar-refractivity contribution in [3.05, 3.63) is 42.7 Å². The predicted octanol–water partition coefficient (Wildman–Crippen LogP) is 0.930. The first-order valence-electron chi connectivity index (χ1n) is 9.53. The first kappa shape index (κ1) is 19.5. The van der Waals surface area contributed by atoms with Crippen LogP contribution in [0.5, 0.6) is 0 Å². The van der Waals surface area contributed by atoms with E-state index < -0.39 is 0 Å². The summed E-state index contributed by atoms with van der Waals surface area (Å²) in [5.74, 6) is 1.09. The van der Waals surface area contributed by atoms with Crippen LogP contribution in [0.3, 0.4) is 0 Å². The Kier molecular flexibility index (Phi) is 7.38. The van der Waals surface area contributed by atoms with Crippen LogP contribution in [0.1, 0.15) is 0 Å². The Morgan fingerprint density at radius 2 is 1.85 bits per heavy atom. The molecule has 3 rings (SSSR count). The van der Waals surface area contributed by atoms with Crippen LogP contribution >= 0.6 is 0 Å². The van der Waals surface area contributed by atoms with Gasteiger partial charge in [0.2, 0.25) is 5.91 Å².